The molecule has 4 rings (SSSR count). The van der Waals surface area contributed by atoms with Crippen molar-refractivity contribution in [3.8, 4) is 16.2 Å². The van der Waals surface area contributed by atoms with Gasteiger partial charge in [0.2, 0.25) is 0 Å². The Labute approximate surface area is 149 Å². The molecule has 0 aliphatic carbocycles. The predicted octanol–water partition coefficient (Wildman–Crippen LogP) is 3.38. The molecule has 0 unspecified atom stereocenters. The number of hydrogen-bond acceptors (Lipinski definition) is 6. The van der Waals surface area contributed by atoms with E-state index in [1.807, 2.05) is 6.07 Å². The molecule has 5 nitrogen and oxygen atoms in total. The standard InChI is InChI=1S/C19H18N2O3S/c22-19(23)15-5-6-20-10-16(15)21-9-13-11-24-17-8-12(3-4-14(13)17)18-2-1-7-25-18/h1-8,10,13,19,21-23H,9,11H2/t13-/m0/s1. The van der Waals surface area contributed by atoms with Crippen LogP contribution in [0.3, 0.4) is 0 Å². The van der Waals surface area contributed by atoms with Crippen LogP contribution in [0.4, 0.5) is 5.69 Å². The van der Waals surface area contributed by atoms with E-state index in [4.69, 9.17) is 4.74 Å². The summed E-state index contributed by atoms with van der Waals surface area (Å²) in [5.41, 5.74) is 3.38. The molecule has 128 valence electrons. The fourth-order valence-electron chi connectivity index (χ4n) is 3.05. The van der Waals surface area contributed by atoms with Crippen LogP contribution in [0.5, 0.6) is 5.75 Å². The quantitative estimate of drug-likeness (QED) is 0.613. The van der Waals surface area contributed by atoms with E-state index in [0.29, 0.717) is 24.4 Å². The number of nitrogens with one attached hydrogen (secondary N) is 1. The summed E-state index contributed by atoms with van der Waals surface area (Å²) < 4.78 is 5.87. The molecule has 1 aliphatic rings. The van der Waals surface area contributed by atoms with Crippen LogP contribution in [0.2, 0.25) is 0 Å². The van der Waals surface area contributed by atoms with Gasteiger partial charge in [-0.05, 0) is 29.1 Å². The molecule has 2 aromatic heterocycles. The van der Waals surface area contributed by atoms with Crippen molar-refractivity contribution < 1.29 is 14.9 Å². The lowest BCUT2D eigenvalue weighted by atomic mass is 9.99. The van der Waals surface area contributed by atoms with Crippen LogP contribution < -0.4 is 10.1 Å². The second-order valence-corrected chi connectivity index (χ2v) is 6.90. The van der Waals surface area contributed by atoms with Crippen LogP contribution in [-0.2, 0) is 0 Å². The average molecular weight is 354 g/mol. The Hall–Kier alpha value is -2.41. The van der Waals surface area contributed by atoms with Crippen molar-refractivity contribution in [2.24, 2.45) is 0 Å². The molecule has 3 heterocycles. The van der Waals surface area contributed by atoms with Crippen LogP contribution in [-0.4, -0.2) is 28.3 Å². The maximum Gasteiger partial charge on any atom is 0.180 e. The zero-order chi connectivity index (χ0) is 17.2. The molecule has 0 bridgehead atoms. The molecule has 1 aromatic carbocycles. The Morgan fingerprint density at radius 3 is 3.00 bits per heavy atom. The second-order valence-electron chi connectivity index (χ2n) is 5.96. The number of benzene rings is 1. The fourth-order valence-corrected chi connectivity index (χ4v) is 3.78. The largest absolute Gasteiger partial charge is 0.493 e. The lowest BCUT2D eigenvalue weighted by molar-refractivity contribution is -0.0419. The predicted molar refractivity (Wildman–Crippen MR) is 97.9 cm³/mol. The van der Waals surface area contributed by atoms with E-state index in [-0.39, 0.29) is 5.92 Å². The van der Waals surface area contributed by atoms with E-state index in [1.54, 1.807) is 29.8 Å². The highest BCUT2D eigenvalue weighted by molar-refractivity contribution is 7.13. The van der Waals surface area contributed by atoms with Gasteiger partial charge in [-0.2, -0.15) is 0 Å². The Morgan fingerprint density at radius 2 is 2.20 bits per heavy atom. The van der Waals surface area contributed by atoms with E-state index >= 15 is 0 Å². The third-order valence-corrected chi connectivity index (χ3v) is 5.29. The maximum absolute atomic E-state index is 9.44. The molecule has 1 atom stereocenters. The minimum Gasteiger partial charge on any atom is -0.493 e. The molecular weight excluding hydrogens is 336 g/mol. The van der Waals surface area contributed by atoms with Crippen molar-refractivity contribution in [2.45, 2.75) is 12.2 Å². The number of pyridine rings is 1. The van der Waals surface area contributed by atoms with Crippen LogP contribution >= 0.6 is 11.3 Å². The summed E-state index contributed by atoms with van der Waals surface area (Å²) >= 11 is 1.71. The zero-order valence-corrected chi connectivity index (χ0v) is 14.2. The summed E-state index contributed by atoms with van der Waals surface area (Å²) in [6, 6.07) is 12.1. The molecule has 0 saturated carbocycles. The Balaban J connectivity index is 1.50. The van der Waals surface area contributed by atoms with E-state index in [2.05, 4.69) is 39.9 Å². The second kappa shape index (κ2) is 6.84. The van der Waals surface area contributed by atoms with Crippen molar-refractivity contribution >= 4 is 17.0 Å². The average Bonchev–Trinajstić information content (AvgIpc) is 3.29. The Kier molecular flexibility index (Phi) is 4.40. The van der Waals surface area contributed by atoms with Gasteiger partial charge in [0.15, 0.2) is 6.29 Å². The number of hydrogen-bond donors (Lipinski definition) is 3. The van der Waals surface area contributed by atoms with E-state index < -0.39 is 6.29 Å². The molecule has 0 spiro atoms. The molecule has 25 heavy (non-hydrogen) atoms. The summed E-state index contributed by atoms with van der Waals surface area (Å²) in [4.78, 5) is 5.27. The number of nitrogens with zero attached hydrogens (tertiary/aromatic N) is 1. The minimum absolute atomic E-state index is 0.205. The molecule has 6 heteroatoms. The van der Waals surface area contributed by atoms with E-state index in [9.17, 15) is 10.2 Å². The highest BCUT2D eigenvalue weighted by atomic mass is 32.1. The minimum atomic E-state index is -1.52. The third kappa shape index (κ3) is 3.24. The monoisotopic (exact) mass is 354 g/mol. The number of ether oxygens (including phenoxy) is 1. The number of thiophene rings is 1. The van der Waals surface area contributed by atoms with Gasteiger partial charge in [0.25, 0.3) is 0 Å². The van der Waals surface area contributed by atoms with Crippen molar-refractivity contribution in [3.05, 3.63) is 65.3 Å². The van der Waals surface area contributed by atoms with Crippen LogP contribution in [0, 0.1) is 0 Å². The number of aliphatic hydroxyl groups excluding tert-OH is 1. The van der Waals surface area contributed by atoms with Gasteiger partial charge in [0, 0.05) is 34.7 Å². The molecule has 3 N–H and O–H groups in total. The Bertz CT molecular complexity index is 865. The molecular formula is C19H18N2O3S. The smallest absolute Gasteiger partial charge is 0.180 e. The number of fused-ring (bicyclic) bond motifs is 1. The summed E-state index contributed by atoms with van der Waals surface area (Å²) in [5.74, 6) is 1.13. The van der Waals surface area contributed by atoms with Gasteiger partial charge < -0.3 is 20.3 Å². The molecule has 0 radical (unpaired) electrons. The number of anilines is 1. The lowest BCUT2D eigenvalue weighted by Gasteiger charge is -2.15. The number of rotatable bonds is 5. The zero-order valence-electron chi connectivity index (χ0n) is 13.4. The van der Waals surface area contributed by atoms with Gasteiger partial charge in [0.05, 0.1) is 18.5 Å². The SMILES string of the molecule is OC(O)c1ccncc1NC[C@H]1COc2cc(-c3cccs3)ccc21. The van der Waals surface area contributed by atoms with Gasteiger partial charge in [-0.25, -0.2) is 0 Å². The highest BCUT2D eigenvalue weighted by Crippen LogP contribution is 2.38. The normalized spacial score (nSPS) is 15.9. The third-order valence-electron chi connectivity index (χ3n) is 4.37. The Morgan fingerprint density at radius 1 is 1.28 bits per heavy atom. The number of aromatic nitrogens is 1. The van der Waals surface area contributed by atoms with Crippen LogP contribution in [0.25, 0.3) is 10.4 Å². The van der Waals surface area contributed by atoms with Gasteiger partial charge in [-0.3, -0.25) is 4.98 Å². The highest BCUT2D eigenvalue weighted by Gasteiger charge is 2.25. The molecule has 0 amide bonds. The first-order valence-corrected chi connectivity index (χ1v) is 8.95. The van der Waals surface area contributed by atoms with Gasteiger partial charge in [0.1, 0.15) is 5.75 Å². The molecule has 0 fully saturated rings. The van der Waals surface area contributed by atoms with Crippen LogP contribution in [0.1, 0.15) is 23.3 Å². The van der Waals surface area contributed by atoms with Crippen molar-refractivity contribution in [1.82, 2.24) is 4.98 Å². The van der Waals surface area contributed by atoms with Crippen molar-refractivity contribution in [1.29, 1.82) is 0 Å². The first kappa shape index (κ1) is 16.1. The first-order chi connectivity index (χ1) is 12.2. The topological polar surface area (TPSA) is 74.6 Å². The molecule has 3 aromatic rings. The first-order valence-electron chi connectivity index (χ1n) is 8.07. The van der Waals surface area contributed by atoms with Crippen molar-refractivity contribution in [2.75, 3.05) is 18.5 Å². The summed E-state index contributed by atoms with van der Waals surface area (Å²) in [6.07, 6.45) is 1.62. The molecule has 0 saturated heterocycles. The molecule has 1 aliphatic heterocycles. The summed E-state index contributed by atoms with van der Waals surface area (Å²) in [5, 5.41) is 24.2. The maximum atomic E-state index is 9.44. The van der Waals surface area contributed by atoms with Gasteiger partial charge in [-0.15, -0.1) is 11.3 Å². The van der Waals surface area contributed by atoms with Crippen molar-refractivity contribution in [3.63, 3.8) is 0 Å². The number of aliphatic hydroxyl groups is 2. The van der Waals surface area contributed by atoms with Gasteiger partial charge in [-0.1, -0.05) is 18.2 Å². The van der Waals surface area contributed by atoms with E-state index in [1.165, 1.54) is 16.0 Å². The lowest BCUT2D eigenvalue weighted by Crippen LogP contribution is -2.15. The van der Waals surface area contributed by atoms with Gasteiger partial charge >= 0.3 is 0 Å². The summed E-state index contributed by atoms with van der Waals surface area (Å²) in [7, 11) is 0. The van der Waals surface area contributed by atoms with Crippen LogP contribution in [0.15, 0.2) is 54.2 Å². The van der Waals surface area contributed by atoms with E-state index in [0.717, 1.165) is 5.75 Å². The summed E-state index contributed by atoms with van der Waals surface area (Å²) in [6.45, 7) is 1.24. The fraction of sp³-hybridized carbons (Fsp3) is 0.211.